The van der Waals surface area contributed by atoms with Gasteiger partial charge in [-0.2, -0.15) is 0 Å². The second-order valence-electron chi connectivity index (χ2n) is 3.49. The van der Waals surface area contributed by atoms with Crippen LogP contribution in [0, 0.1) is 0 Å². The number of ketones is 1. The molecule has 1 heterocycles. The van der Waals surface area contributed by atoms with Gasteiger partial charge >= 0.3 is 0 Å². The Morgan fingerprint density at radius 1 is 1.27 bits per heavy atom. The lowest BCUT2D eigenvalue weighted by molar-refractivity contribution is -0.140. The van der Waals surface area contributed by atoms with E-state index in [0.717, 1.165) is 5.56 Å². The standard InChI is InChI=1S/C11H10ClNO2/c12-9-4-2-1-3-8(9)7-13-6-5-10(14)11(13)15/h1-4H,5-7H2. The molecule has 1 fully saturated rings. The topological polar surface area (TPSA) is 37.4 Å². The quantitative estimate of drug-likeness (QED) is 0.715. The molecule has 1 aromatic carbocycles. The highest BCUT2D eigenvalue weighted by Crippen LogP contribution is 2.19. The maximum atomic E-state index is 11.4. The lowest BCUT2D eigenvalue weighted by Gasteiger charge is -2.15. The molecule has 2 rings (SSSR count). The summed E-state index contributed by atoms with van der Waals surface area (Å²) in [5.74, 6) is -0.697. The van der Waals surface area contributed by atoms with Crippen molar-refractivity contribution in [2.75, 3.05) is 6.54 Å². The van der Waals surface area contributed by atoms with Gasteiger partial charge < -0.3 is 4.90 Å². The highest BCUT2D eigenvalue weighted by Gasteiger charge is 2.29. The SMILES string of the molecule is O=C1CCN(Cc2ccccc2Cl)C1=O. The van der Waals surface area contributed by atoms with Crippen molar-refractivity contribution in [3.05, 3.63) is 34.9 Å². The van der Waals surface area contributed by atoms with Gasteiger partial charge in [0.1, 0.15) is 0 Å². The summed E-state index contributed by atoms with van der Waals surface area (Å²) in [4.78, 5) is 23.9. The van der Waals surface area contributed by atoms with Crippen LogP contribution in [0.25, 0.3) is 0 Å². The van der Waals surface area contributed by atoms with Crippen LogP contribution >= 0.6 is 11.6 Å². The van der Waals surface area contributed by atoms with Crippen LogP contribution < -0.4 is 0 Å². The van der Waals surface area contributed by atoms with Crippen molar-refractivity contribution in [2.45, 2.75) is 13.0 Å². The molecule has 3 nitrogen and oxygen atoms in total. The number of hydrogen-bond donors (Lipinski definition) is 0. The first kappa shape index (κ1) is 10.2. The summed E-state index contributed by atoms with van der Waals surface area (Å²) in [6.45, 7) is 0.924. The molecular weight excluding hydrogens is 214 g/mol. The fourth-order valence-electron chi connectivity index (χ4n) is 1.60. The number of likely N-dealkylation sites (tertiary alicyclic amines) is 1. The fourth-order valence-corrected chi connectivity index (χ4v) is 1.80. The molecule has 0 bridgehead atoms. The van der Waals surface area contributed by atoms with Crippen LogP contribution in [0.4, 0.5) is 0 Å². The van der Waals surface area contributed by atoms with Crippen LogP contribution in [0.2, 0.25) is 5.02 Å². The van der Waals surface area contributed by atoms with E-state index < -0.39 is 5.91 Å². The van der Waals surface area contributed by atoms with E-state index in [9.17, 15) is 9.59 Å². The molecule has 0 aliphatic carbocycles. The molecule has 1 amide bonds. The van der Waals surface area contributed by atoms with Gasteiger partial charge in [-0.1, -0.05) is 29.8 Å². The number of nitrogens with zero attached hydrogens (tertiary/aromatic N) is 1. The van der Waals surface area contributed by atoms with Crippen molar-refractivity contribution >= 4 is 23.3 Å². The van der Waals surface area contributed by atoms with Crippen LogP contribution in [-0.2, 0) is 16.1 Å². The van der Waals surface area contributed by atoms with Crippen LogP contribution in [0.5, 0.6) is 0 Å². The molecule has 0 N–H and O–H groups in total. The minimum atomic E-state index is -0.394. The molecule has 0 spiro atoms. The summed E-state index contributed by atoms with van der Waals surface area (Å²) in [5.41, 5.74) is 0.877. The smallest absolute Gasteiger partial charge is 0.290 e. The molecule has 1 aliphatic heterocycles. The summed E-state index contributed by atoms with van der Waals surface area (Å²) in [6, 6.07) is 7.34. The van der Waals surface area contributed by atoms with Gasteiger partial charge in [0.05, 0.1) is 0 Å². The molecule has 1 aromatic rings. The van der Waals surface area contributed by atoms with Crippen molar-refractivity contribution in [2.24, 2.45) is 0 Å². The zero-order valence-corrected chi connectivity index (χ0v) is 8.83. The largest absolute Gasteiger partial charge is 0.331 e. The number of benzene rings is 1. The van der Waals surface area contributed by atoms with Gasteiger partial charge in [-0.3, -0.25) is 9.59 Å². The van der Waals surface area contributed by atoms with E-state index in [1.165, 1.54) is 4.90 Å². The van der Waals surface area contributed by atoms with Gasteiger partial charge in [-0.05, 0) is 11.6 Å². The van der Waals surface area contributed by atoms with Gasteiger partial charge in [-0.25, -0.2) is 0 Å². The third-order valence-corrected chi connectivity index (χ3v) is 2.82. The van der Waals surface area contributed by atoms with Crippen LogP contribution in [0.3, 0.4) is 0 Å². The maximum absolute atomic E-state index is 11.4. The monoisotopic (exact) mass is 223 g/mol. The van der Waals surface area contributed by atoms with E-state index in [-0.39, 0.29) is 5.78 Å². The number of amides is 1. The average Bonchev–Trinajstić information content (AvgIpc) is 2.53. The predicted molar refractivity (Wildman–Crippen MR) is 56.5 cm³/mol. The normalized spacial score (nSPS) is 16.2. The molecule has 4 heteroatoms. The van der Waals surface area contributed by atoms with E-state index in [4.69, 9.17) is 11.6 Å². The molecule has 0 saturated carbocycles. The molecular formula is C11H10ClNO2. The second-order valence-corrected chi connectivity index (χ2v) is 3.90. The predicted octanol–water partition coefficient (Wildman–Crippen LogP) is 1.64. The minimum Gasteiger partial charge on any atom is -0.331 e. The fraction of sp³-hybridized carbons (Fsp3) is 0.273. The summed E-state index contributed by atoms with van der Waals surface area (Å²) >= 11 is 5.96. The van der Waals surface area contributed by atoms with Crippen molar-refractivity contribution in [1.29, 1.82) is 0 Å². The van der Waals surface area contributed by atoms with Gasteiger partial charge in [0.25, 0.3) is 5.91 Å². The van der Waals surface area contributed by atoms with Gasteiger partial charge in [0.15, 0.2) is 0 Å². The Kier molecular flexibility index (Phi) is 2.73. The van der Waals surface area contributed by atoms with Crippen LogP contribution in [-0.4, -0.2) is 23.1 Å². The van der Waals surface area contributed by atoms with Gasteiger partial charge in [0, 0.05) is 24.5 Å². The average molecular weight is 224 g/mol. The van der Waals surface area contributed by atoms with Crippen molar-refractivity contribution in [3.8, 4) is 0 Å². The molecule has 0 atom stereocenters. The Bertz CT molecular complexity index is 417. The summed E-state index contributed by atoms with van der Waals surface area (Å²) in [5, 5.41) is 0.629. The second kappa shape index (κ2) is 4.03. The minimum absolute atomic E-state index is 0.304. The molecule has 15 heavy (non-hydrogen) atoms. The Morgan fingerprint density at radius 3 is 2.60 bits per heavy atom. The highest BCUT2D eigenvalue weighted by molar-refractivity contribution is 6.37. The first-order chi connectivity index (χ1) is 7.18. The Morgan fingerprint density at radius 2 is 2.00 bits per heavy atom. The first-order valence-corrected chi connectivity index (χ1v) is 5.12. The third-order valence-electron chi connectivity index (χ3n) is 2.45. The number of carbonyl (C=O) groups excluding carboxylic acids is 2. The molecule has 1 aliphatic rings. The Labute approximate surface area is 92.6 Å². The zero-order valence-electron chi connectivity index (χ0n) is 8.07. The molecule has 0 radical (unpaired) electrons. The molecule has 78 valence electrons. The summed E-state index contributed by atoms with van der Waals surface area (Å²) in [6.07, 6.45) is 0.323. The lowest BCUT2D eigenvalue weighted by atomic mass is 10.2. The summed E-state index contributed by atoms with van der Waals surface area (Å²) in [7, 11) is 0. The Balaban J connectivity index is 2.13. The van der Waals surface area contributed by atoms with Crippen molar-refractivity contribution in [1.82, 2.24) is 4.90 Å². The van der Waals surface area contributed by atoms with Crippen LogP contribution in [0.15, 0.2) is 24.3 Å². The number of halogens is 1. The van der Waals surface area contributed by atoms with Gasteiger partial charge in [0.2, 0.25) is 5.78 Å². The van der Waals surface area contributed by atoms with Crippen molar-refractivity contribution < 1.29 is 9.59 Å². The lowest BCUT2D eigenvalue weighted by Crippen LogP contribution is -2.26. The number of Topliss-reactive ketones (excluding diaryl/α,β-unsaturated/α-hetero) is 1. The zero-order chi connectivity index (χ0) is 10.8. The van der Waals surface area contributed by atoms with E-state index in [2.05, 4.69) is 0 Å². The summed E-state index contributed by atoms with van der Waals surface area (Å²) < 4.78 is 0. The Hall–Kier alpha value is -1.35. The van der Waals surface area contributed by atoms with Crippen LogP contribution in [0.1, 0.15) is 12.0 Å². The van der Waals surface area contributed by atoms with E-state index in [0.29, 0.717) is 24.5 Å². The third kappa shape index (κ3) is 2.02. The van der Waals surface area contributed by atoms with Gasteiger partial charge in [-0.15, -0.1) is 0 Å². The van der Waals surface area contributed by atoms with E-state index in [1.807, 2.05) is 18.2 Å². The number of hydrogen-bond acceptors (Lipinski definition) is 2. The maximum Gasteiger partial charge on any atom is 0.290 e. The molecule has 0 aromatic heterocycles. The number of carbonyl (C=O) groups is 2. The first-order valence-electron chi connectivity index (χ1n) is 4.74. The molecule has 1 saturated heterocycles. The highest BCUT2D eigenvalue weighted by atomic mass is 35.5. The van der Waals surface area contributed by atoms with E-state index in [1.54, 1.807) is 6.07 Å². The van der Waals surface area contributed by atoms with E-state index >= 15 is 0 Å². The molecule has 0 unspecified atom stereocenters. The van der Waals surface area contributed by atoms with Crippen molar-refractivity contribution in [3.63, 3.8) is 0 Å². The number of rotatable bonds is 2.